The van der Waals surface area contributed by atoms with Gasteiger partial charge in [0.15, 0.2) is 0 Å². The zero-order valence-electron chi connectivity index (χ0n) is 32.5. The lowest BCUT2D eigenvalue weighted by Gasteiger charge is -2.28. The first-order chi connectivity index (χ1) is 26.9. The topological polar surface area (TPSA) is 209 Å². The second kappa shape index (κ2) is 22.3. The van der Waals surface area contributed by atoms with Gasteiger partial charge in [-0.15, -0.1) is 0 Å². The number of alkyl carbamates (subject to hydrolysis) is 1. The van der Waals surface area contributed by atoms with Crippen molar-refractivity contribution in [1.82, 2.24) is 31.1 Å². The molecule has 15 nitrogen and oxygen atoms in total. The second-order valence-corrected chi connectivity index (χ2v) is 14.8. The van der Waals surface area contributed by atoms with Crippen LogP contribution in [-0.2, 0) is 40.1 Å². The van der Waals surface area contributed by atoms with E-state index in [4.69, 9.17) is 10.5 Å². The van der Waals surface area contributed by atoms with Crippen molar-refractivity contribution in [3.8, 4) is 0 Å². The molecule has 15 heteroatoms. The maximum Gasteiger partial charge on any atom is 0.407 e. The van der Waals surface area contributed by atoms with E-state index >= 15 is 0 Å². The normalized spacial score (nSPS) is 21.7. The van der Waals surface area contributed by atoms with Crippen molar-refractivity contribution >= 4 is 41.4 Å². The Morgan fingerprint density at radius 1 is 0.857 bits per heavy atom. The SMILES string of the molecule is CN(C)C(=O)[C@@H](NC(=O)CNC(=O)C(=O)[C@@H]1CCCCCCCCCC[C@H](N)C(=O)N2C[C@H](CNC(=O)OCc3ccccc3)C[C@H]2C(=O)N1)c1ccccc1. The standard InChI is InChI=1S/C41H57N7O8/c1-47(2)40(54)35(30-19-13-10-14-20-30)46-34(49)25-43-38(52)36(50)32-22-16-8-6-4-3-5-7-15-21-31(42)39(53)48-26-29(23-33(48)37(51)45-32)24-44-41(55)56-27-28-17-11-9-12-18-28/h9-14,17-20,29,31-33,35H,3-8,15-16,21-27,42H2,1-2H3,(H,43,52)(H,44,55)(H,45,51)(H,46,49)/t29-,31-,32-,33-,35-/m0/s1. The quantitative estimate of drug-likeness (QED) is 0.212. The molecule has 0 aliphatic carbocycles. The van der Waals surface area contributed by atoms with Crippen LogP contribution in [0.1, 0.15) is 87.8 Å². The summed E-state index contributed by atoms with van der Waals surface area (Å²) in [6.45, 7) is -0.215. The lowest BCUT2D eigenvalue weighted by molar-refractivity contribution is -0.143. The van der Waals surface area contributed by atoms with Crippen LogP contribution in [0.15, 0.2) is 60.7 Å². The van der Waals surface area contributed by atoms with Crippen molar-refractivity contribution in [2.45, 2.75) is 101 Å². The Kier molecular flexibility index (Phi) is 17.3. The molecular formula is C41H57N7O8. The van der Waals surface area contributed by atoms with E-state index in [1.165, 1.54) is 9.80 Å². The third-order valence-electron chi connectivity index (χ3n) is 10.2. The number of hydrogen-bond acceptors (Lipinski definition) is 9. The number of likely N-dealkylation sites (N-methyl/N-ethyl adjacent to an activating group) is 1. The summed E-state index contributed by atoms with van der Waals surface area (Å²) in [6, 6.07) is 13.8. The highest BCUT2D eigenvalue weighted by Crippen LogP contribution is 2.26. The first-order valence-corrected chi connectivity index (χ1v) is 19.6. The van der Waals surface area contributed by atoms with Crippen LogP contribution in [0.4, 0.5) is 4.79 Å². The maximum atomic E-state index is 14.0. The molecule has 0 radical (unpaired) electrons. The van der Waals surface area contributed by atoms with Gasteiger partial charge in [0.2, 0.25) is 29.4 Å². The number of benzene rings is 2. The Morgan fingerprint density at radius 3 is 2.11 bits per heavy atom. The summed E-state index contributed by atoms with van der Waals surface area (Å²) in [7, 11) is 3.12. The predicted molar refractivity (Wildman–Crippen MR) is 208 cm³/mol. The zero-order chi connectivity index (χ0) is 40.5. The number of amides is 6. The minimum atomic E-state index is -1.22. The molecule has 2 aliphatic heterocycles. The number of nitrogens with two attached hydrogens (primary N) is 1. The Balaban J connectivity index is 1.43. The number of fused-ring (bicyclic) bond motifs is 1. The third-order valence-corrected chi connectivity index (χ3v) is 10.2. The smallest absolute Gasteiger partial charge is 0.407 e. The number of rotatable bonds is 11. The largest absolute Gasteiger partial charge is 0.445 e. The van der Waals surface area contributed by atoms with Gasteiger partial charge < -0.3 is 41.5 Å². The molecule has 0 aromatic heterocycles. The zero-order valence-corrected chi connectivity index (χ0v) is 32.5. The van der Waals surface area contributed by atoms with E-state index in [0.29, 0.717) is 18.4 Å². The summed E-state index contributed by atoms with van der Waals surface area (Å²) >= 11 is 0. The van der Waals surface area contributed by atoms with Gasteiger partial charge in [0.1, 0.15) is 18.7 Å². The van der Waals surface area contributed by atoms with E-state index in [0.717, 1.165) is 50.5 Å². The number of nitrogens with zero attached hydrogens (tertiary/aromatic N) is 2. The fourth-order valence-corrected chi connectivity index (χ4v) is 7.02. The van der Waals surface area contributed by atoms with Crippen LogP contribution < -0.4 is 27.0 Å². The van der Waals surface area contributed by atoms with Crippen molar-refractivity contribution in [2.75, 3.05) is 33.7 Å². The summed E-state index contributed by atoms with van der Waals surface area (Å²) in [6.07, 6.45) is 7.20. The summed E-state index contributed by atoms with van der Waals surface area (Å²) in [5, 5.41) is 10.5. The number of ketones is 1. The van der Waals surface area contributed by atoms with Gasteiger partial charge in [-0.3, -0.25) is 28.8 Å². The number of hydrogen-bond donors (Lipinski definition) is 5. The van der Waals surface area contributed by atoms with Crippen LogP contribution in [0.5, 0.6) is 0 Å². The molecule has 2 aromatic rings. The number of Topliss-reactive ketones (excluding diaryl/α,β-unsaturated/α-hetero) is 1. The molecule has 5 atom stereocenters. The highest BCUT2D eigenvalue weighted by atomic mass is 16.5. The number of carbonyl (C=O) groups excluding carboxylic acids is 7. The molecule has 2 aliphatic rings. The molecule has 0 unspecified atom stereocenters. The van der Waals surface area contributed by atoms with E-state index < -0.39 is 66.2 Å². The highest BCUT2D eigenvalue weighted by molar-refractivity contribution is 6.38. The molecule has 2 saturated heterocycles. The average molecular weight is 776 g/mol. The van der Waals surface area contributed by atoms with E-state index in [-0.39, 0.29) is 44.4 Å². The lowest BCUT2D eigenvalue weighted by atomic mass is 10.0. The Labute approximate surface area is 328 Å². The molecule has 304 valence electrons. The van der Waals surface area contributed by atoms with Gasteiger partial charge >= 0.3 is 6.09 Å². The monoisotopic (exact) mass is 775 g/mol. The van der Waals surface area contributed by atoms with Gasteiger partial charge in [-0.25, -0.2) is 4.79 Å². The van der Waals surface area contributed by atoms with Crippen molar-refractivity contribution in [1.29, 1.82) is 0 Å². The molecule has 0 saturated carbocycles. The van der Waals surface area contributed by atoms with Crippen molar-refractivity contribution in [3.63, 3.8) is 0 Å². The van der Waals surface area contributed by atoms with Gasteiger partial charge in [-0.1, -0.05) is 112 Å². The average Bonchev–Trinajstić information content (AvgIpc) is 3.64. The Bertz CT molecular complexity index is 1640. The first-order valence-electron chi connectivity index (χ1n) is 19.6. The molecule has 56 heavy (non-hydrogen) atoms. The summed E-state index contributed by atoms with van der Waals surface area (Å²) in [5.41, 5.74) is 7.74. The maximum absolute atomic E-state index is 14.0. The van der Waals surface area contributed by atoms with Crippen molar-refractivity contribution in [2.24, 2.45) is 11.7 Å². The molecule has 0 bridgehead atoms. The number of carbonyl (C=O) groups is 7. The molecule has 2 heterocycles. The van der Waals surface area contributed by atoms with E-state index in [9.17, 15) is 33.6 Å². The predicted octanol–water partition coefficient (Wildman–Crippen LogP) is 2.49. The molecule has 2 aromatic carbocycles. The summed E-state index contributed by atoms with van der Waals surface area (Å²) in [5.74, 6) is -4.38. The van der Waals surface area contributed by atoms with Crippen LogP contribution in [0.3, 0.4) is 0 Å². The third kappa shape index (κ3) is 13.5. The first kappa shape index (κ1) is 43.4. The van der Waals surface area contributed by atoms with Gasteiger partial charge in [-0.05, 0) is 36.3 Å². The van der Waals surface area contributed by atoms with Crippen LogP contribution in [-0.4, -0.2) is 103 Å². The van der Waals surface area contributed by atoms with Gasteiger partial charge in [-0.2, -0.15) is 0 Å². The molecule has 0 spiro atoms. The Morgan fingerprint density at radius 2 is 1.46 bits per heavy atom. The van der Waals surface area contributed by atoms with E-state index in [1.807, 2.05) is 30.3 Å². The van der Waals surface area contributed by atoms with E-state index in [2.05, 4.69) is 21.3 Å². The Hall–Kier alpha value is -5.31. The fourth-order valence-electron chi connectivity index (χ4n) is 7.02. The van der Waals surface area contributed by atoms with Crippen LogP contribution in [0.25, 0.3) is 0 Å². The van der Waals surface area contributed by atoms with Crippen LogP contribution >= 0.6 is 0 Å². The summed E-state index contributed by atoms with van der Waals surface area (Å²) < 4.78 is 5.33. The van der Waals surface area contributed by atoms with Crippen molar-refractivity contribution in [3.05, 3.63) is 71.8 Å². The number of ether oxygens (including phenoxy) is 1. The molecule has 6 amide bonds. The van der Waals surface area contributed by atoms with Crippen LogP contribution in [0.2, 0.25) is 0 Å². The fraction of sp³-hybridized carbons (Fsp3) is 0.537. The van der Waals surface area contributed by atoms with Crippen molar-refractivity contribution < 1.29 is 38.3 Å². The molecule has 6 N–H and O–H groups in total. The summed E-state index contributed by atoms with van der Waals surface area (Å²) in [4.78, 5) is 95.6. The lowest BCUT2D eigenvalue weighted by Crippen LogP contribution is -2.55. The second-order valence-electron chi connectivity index (χ2n) is 14.8. The minimum Gasteiger partial charge on any atom is -0.445 e. The van der Waals surface area contributed by atoms with E-state index in [1.54, 1.807) is 44.4 Å². The number of nitrogens with one attached hydrogen (secondary N) is 4. The minimum absolute atomic E-state index is 0.0832. The van der Waals surface area contributed by atoms with Gasteiger partial charge in [0.05, 0.1) is 18.6 Å². The molecule has 2 fully saturated rings. The van der Waals surface area contributed by atoms with Crippen LogP contribution in [0, 0.1) is 5.92 Å². The molecular weight excluding hydrogens is 718 g/mol. The highest BCUT2D eigenvalue weighted by Gasteiger charge is 2.42. The van der Waals surface area contributed by atoms with Gasteiger partial charge in [0, 0.05) is 27.2 Å². The van der Waals surface area contributed by atoms with Gasteiger partial charge in [0.25, 0.3) is 5.91 Å². The molecule has 4 rings (SSSR count).